The second-order valence-corrected chi connectivity index (χ2v) is 8.66. The lowest BCUT2D eigenvalue weighted by molar-refractivity contribution is -0.126. The van der Waals surface area contributed by atoms with Gasteiger partial charge in [0.05, 0.1) is 30.3 Å². The van der Waals surface area contributed by atoms with Crippen molar-refractivity contribution in [1.29, 1.82) is 0 Å². The molecule has 26 heavy (non-hydrogen) atoms. The summed E-state index contributed by atoms with van der Waals surface area (Å²) in [6.07, 6.45) is 1.16. The first-order valence-corrected chi connectivity index (χ1v) is 10.5. The van der Waals surface area contributed by atoms with Gasteiger partial charge in [-0.15, -0.1) is 0 Å². The SMILES string of the molecule is CC(C)CC(Nc1ccccc1NS(C)(=O)=O)C(=O)NC1CCOC1O. The number of hydrogen-bond donors (Lipinski definition) is 4. The Morgan fingerprint density at radius 3 is 2.50 bits per heavy atom. The maximum atomic E-state index is 12.7. The van der Waals surface area contributed by atoms with Crippen molar-refractivity contribution in [3.63, 3.8) is 0 Å². The van der Waals surface area contributed by atoms with Crippen LogP contribution in [0.2, 0.25) is 0 Å². The Labute approximate surface area is 154 Å². The van der Waals surface area contributed by atoms with Crippen LogP contribution in [0.3, 0.4) is 0 Å². The van der Waals surface area contributed by atoms with Gasteiger partial charge in [-0.25, -0.2) is 8.42 Å². The molecular weight excluding hydrogens is 358 g/mol. The first-order valence-electron chi connectivity index (χ1n) is 8.59. The van der Waals surface area contributed by atoms with E-state index in [0.29, 0.717) is 30.8 Å². The monoisotopic (exact) mass is 385 g/mol. The second-order valence-electron chi connectivity index (χ2n) is 6.91. The normalized spacial score (nSPS) is 21.4. The minimum Gasteiger partial charge on any atom is -0.372 e. The van der Waals surface area contributed by atoms with Crippen LogP contribution in [-0.4, -0.2) is 50.7 Å². The Morgan fingerprint density at radius 1 is 1.31 bits per heavy atom. The molecule has 0 spiro atoms. The molecule has 1 saturated heterocycles. The molecule has 1 heterocycles. The molecule has 1 aliphatic heterocycles. The van der Waals surface area contributed by atoms with Crippen LogP contribution in [-0.2, 0) is 19.6 Å². The predicted octanol–water partition coefficient (Wildman–Crippen LogP) is 1.11. The highest BCUT2D eigenvalue weighted by molar-refractivity contribution is 7.92. The number of amides is 1. The van der Waals surface area contributed by atoms with Crippen molar-refractivity contribution in [3.05, 3.63) is 24.3 Å². The van der Waals surface area contributed by atoms with Crippen molar-refractivity contribution >= 4 is 27.3 Å². The molecule has 0 aromatic heterocycles. The number of hydrogen-bond acceptors (Lipinski definition) is 6. The molecule has 0 saturated carbocycles. The highest BCUT2D eigenvalue weighted by Crippen LogP contribution is 2.24. The Hall–Kier alpha value is -1.84. The molecule has 8 nitrogen and oxygen atoms in total. The summed E-state index contributed by atoms with van der Waals surface area (Å²) in [5.74, 6) is -0.0274. The van der Waals surface area contributed by atoms with Crippen LogP contribution < -0.4 is 15.4 Å². The lowest BCUT2D eigenvalue weighted by atomic mass is 10.0. The van der Waals surface area contributed by atoms with E-state index >= 15 is 0 Å². The quantitative estimate of drug-likeness (QED) is 0.533. The van der Waals surface area contributed by atoms with E-state index in [0.717, 1.165) is 6.26 Å². The largest absolute Gasteiger partial charge is 0.372 e. The molecule has 1 aromatic carbocycles. The molecule has 0 bridgehead atoms. The number of sulfonamides is 1. The molecule has 1 aliphatic rings. The van der Waals surface area contributed by atoms with E-state index in [1.54, 1.807) is 24.3 Å². The third kappa shape index (κ3) is 6.15. The number of rotatable bonds is 8. The summed E-state index contributed by atoms with van der Waals surface area (Å²) in [7, 11) is -3.44. The van der Waals surface area contributed by atoms with Crippen LogP contribution >= 0.6 is 0 Å². The fourth-order valence-electron chi connectivity index (χ4n) is 2.79. The predicted molar refractivity (Wildman–Crippen MR) is 100 cm³/mol. The van der Waals surface area contributed by atoms with E-state index in [-0.39, 0.29) is 11.8 Å². The van der Waals surface area contributed by atoms with Crippen molar-refractivity contribution in [2.24, 2.45) is 5.92 Å². The molecule has 9 heteroatoms. The number of carbonyl (C=O) groups is 1. The summed E-state index contributed by atoms with van der Waals surface area (Å²) in [6, 6.07) is 5.79. The van der Waals surface area contributed by atoms with Gasteiger partial charge in [0, 0.05) is 0 Å². The molecule has 0 aliphatic carbocycles. The molecular formula is C17H27N3O5S. The zero-order valence-corrected chi connectivity index (χ0v) is 16.0. The van der Waals surface area contributed by atoms with E-state index in [1.807, 2.05) is 13.8 Å². The van der Waals surface area contributed by atoms with Crippen molar-refractivity contribution in [2.45, 2.75) is 45.1 Å². The van der Waals surface area contributed by atoms with E-state index in [4.69, 9.17) is 4.74 Å². The van der Waals surface area contributed by atoms with Crippen LogP contribution in [0.4, 0.5) is 11.4 Å². The zero-order valence-electron chi connectivity index (χ0n) is 15.2. The average molecular weight is 385 g/mol. The summed E-state index contributed by atoms with van der Waals surface area (Å²) in [5.41, 5.74) is 0.891. The highest BCUT2D eigenvalue weighted by atomic mass is 32.2. The van der Waals surface area contributed by atoms with E-state index in [2.05, 4.69) is 15.4 Å². The summed E-state index contributed by atoms with van der Waals surface area (Å²) < 4.78 is 30.6. The van der Waals surface area contributed by atoms with E-state index in [1.165, 1.54) is 0 Å². The van der Waals surface area contributed by atoms with Crippen molar-refractivity contribution in [3.8, 4) is 0 Å². The number of ether oxygens (including phenoxy) is 1. The van der Waals surface area contributed by atoms with Crippen LogP contribution in [0.25, 0.3) is 0 Å². The van der Waals surface area contributed by atoms with Gasteiger partial charge in [-0.05, 0) is 30.9 Å². The van der Waals surface area contributed by atoms with Crippen molar-refractivity contribution in [1.82, 2.24) is 5.32 Å². The van der Waals surface area contributed by atoms with Crippen LogP contribution in [0, 0.1) is 5.92 Å². The molecule has 0 radical (unpaired) electrons. The van der Waals surface area contributed by atoms with Crippen LogP contribution in [0.15, 0.2) is 24.3 Å². The molecule has 1 fully saturated rings. The second kappa shape index (κ2) is 8.70. The molecule has 1 aromatic rings. The minimum absolute atomic E-state index is 0.234. The molecule has 146 valence electrons. The first kappa shape index (κ1) is 20.5. The number of anilines is 2. The van der Waals surface area contributed by atoms with Gasteiger partial charge in [0.1, 0.15) is 6.04 Å². The number of para-hydroxylation sites is 2. The third-order valence-electron chi connectivity index (χ3n) is 3.97. The summed E-state index contributed by atoms with van der Waals surface area (Å²) >= 11 is 0. The minimum atomic E-state index is -3.44. The summed E-state index contributed by atoms with van der Waals surface area (Å²) in [6.45, 7) is 4.39. The van der Waals surface area contributed by atoms with Gasteiger partial charge in [0.25, 0.3) is 0 Å². The van der Waals surface area contributed by atoms with Crippen molar-refractivity contribution < 1.29 is 23.1 Å². The van der Waals surface area contributed by atoms with Crippen LogP contribution in [0.1, 0.15) is 26.7 Å². The molecule has 2 rings (SSSR count). The van der Waals surface area contributed by atoms with E-state index < -0.39 is 28.4 Å². The standard InChI is InChI=1S/C17H27N3O5S/c1-11(2)10-15(16(21)19-14-8-9-25-17(14)22)18-12-6-4-5-7-13(12)20-26(3,23)24/h4-7,11,14-15,17-18,20,22H,8-10H2,1-3H3,(H,19,21). The van der Waals surface area contributed by atoms with E-state index in [9.17, 15) is 18.3 Å². The Kier molecular flexibility index (Phi) is 6.85. The van der Waals surface area contributed by atoms with Gasteiger partial charge < -0.3 is 20.5 Å². The fraction of sp³-hybridized carbons (Fsp3) is 0.588. The number of aliphatic hydroxyl groups is 1. The number of carbonyl (C=O) groups excluding carboxylic acids is 1. The highest BCUT2D eigenvalue weighted by Gasteiger charge is 2.30. The van der Waals surface area contributed by atoms with Crippen molar-refractivity contribution in [2.75, 3.05) is 22.9 Å². The maximum Gasteiger partial charge on any atom is 0.242 e. The molecule has 4 N–H and O–H groups in total. The molecule has 1 amide bonds. The fourth-order valence-corrected chi connectivity index (χ4v) is 3.37. The lowest BCUT2D eigenvalue weighted by Crippen LogP contribution is -2.48. The number of benzene rings is 1. The Bertz CT molecular complexity index is 723. The topological polar surface area (TPSA) is 117 Å². The summed E-state index contributed by atoms with van der Waals surface area (Å²) in [4.78, 5) is 12.7. The van der Waals surface area contributed by atoms with Gasteiger partial charge in [0.15, 0.2) is 6.29 Å². The first-order chi connectivity index (χ1) is 12.2. The van der Waals surface area contributed by atoms with Gasteiger partial charge in [-0.3, -0.25) is 9.52 Å². The number of nitrogens with one attached hydrogen (secondary N) is 3. The molecule has 3 atom stereocenters. The third-order valence-corrected chi connectivity index (χ3v) is 4.56. The maximum absolute atomic E-state index is 12.7. The average Bonchev–Trinajstić information content (AvgIpc) is 2.91. The zero-order chi connectivity index (χ0) is 19.3. The van der Waals surface area contributed by atoms with Gasteiger partial charge in [-0.2, -0.15) is 0 Å². The molecule has 3 unspecified atom stereocenters. The summed E-state index contributed by atoms with van der Waals surface area (Å²) in [5, 5.41) is 15.7. The smallest absolute Gasteiger partial charge is 0.242 e. The number of aliphatic hydroxyl groups excluding tert-OH is 1. The Balaban J connectivity index is 2.16. The van der Waals surface area contributed by atoms with Gasteiger partial charge >= 0.3 is 0 Å². The van der Waals surface area contributed by atoms with Crippen LogP contribution in [0.5, 0.6) is 0 Å². The van der Waals surface area contributed by atoms with Gasteiger partial charge in [-0.1, -0.05) is 26.0 Å². The Morgan fingerprint density at radius 2 is 1.96 bits per heavy atom. The lowest BCUT2D eigenvalue weighted by Gasteiger charge is -2.25. The van der Waals surface area contributed by atoms with Gasteiger partial charge in [0.2, 0.25) is 15.9 Å².